The van der Waals surface area contributed by atoms with E-state index < -0.39 is 0 Å². The van der Waals surface area contributed by atoms with E-state index in [1.54, 1.807) is 0 Å². The number of nitrogens with zero attached hydrogens (tertiary/aromatic N) is 3. The predicted octanol–water partition coefficient (Wildman–Crippen LogP) is 2.27. The largest absolute Gasteiger partial charge is 0.369 e. The lowest BCUT2D eigenvalue weighted by Gasteiger charge is -2.04. The van der Waals surface area contributed by atoms with Crippen LogP contribution in [0, 0.1) is 0 Å². The summed E-state index contributed by atoms with van der Waals surface area (Å²) in [6, 6.07) is 3.74. The number of halogens is 1. The Morgan fingerprint density at radius 2 is 2.19 bits per heavy atom. The molecular weight excluding hydrogens is 246 g/mol. The maximum atomic E-state index is 5.90. The second-order valence-electron chi connectivity index (χ2n) is 3.15. The topological polar surface area (TPSA) is 80.5 Å². The van der Waals surface area contributed by atoms with Gasteiger partial charge in [-0.3, -0.25) is 0 Å². The molecule has 2 aliphatic heterocycles. The Hall–Kier alpha value is -1.66. The number of nitrogens with one attached hydrogen (secondary N) is 1. The third-order valence-corrected chi connectivity index (χ3v) is 3.36. The zero-order valence-electron chi connectivity index (χ0n) is 7.94. The first-order valence-corrected chi connectivity index (χ1v) is 5.65. The highest BCUT2D eigenvalue weighted by Gasteiger charge is 2.17. The molecule has 0 saturated carbocycles. The van der Waals surface area contributed by atoms with Crippen molar-refractivity contribution in [3.8, 4) is 22.1 Å². The van der Waals surface area contributed by atoms with Crippen LogP contribution in [0.5, 0.6) is 0 Å². The van der Waals surface area contributed by atoms with E-state index in [2.05, 4.69) is 19.9 Å². The number of anilines is 1. The van der Waals surface area contributed by atoms with Crippen LogP contribution in [-0.4, -0.2) is 19.9 Å². The highest BCUT2D eigenvalue weighted by atomic mass is 35.5. The first-order valence-electron chi connectivity index (χ1n) is 4.46. The van der Waals surface area contributed by atoms with Crippen molar-refractivity contribution in [3.05, 3.63) is 22.8 Å². The monoisotopic (exact) mass is 251 g/mol. The SMILES string of the molecule is Nc1nc2ncnc-2c(-c2ccc(Cl)s2)[nH]1. The van der Waals surface area contributed by atoms with Gasteiger partial charge in [0.15, 0.2) is 11.8 Å². The summed E-state index contributed by atoms with van der Waals surface area (Å²) in [5.41, 5.74) is 7.17. The molecule has 80 valence electrons. The van der Waals surface area contributed by atoms with Gasteiger partial charge in [-0.25, -0.2) is 9.97 Å². The van der Waals surface area contributed by atoms with Crippen molar-refractivity contribution in [2.24, 2.45) is 0 Å². The summed E-state index contributed by atoms with van der Waals surface area (Å²) in [4.78, 5) is 16.2. The van der Waals surface area contributed by atoms with E-state index in [9.17, 15) is 0 Å². The fraction of sp³-hybridized carbons (Fsp3) is 0. The zero-order valence-corrected chi connectivity index (χ0v) is 9.51. The Kier molecular flexibility index (Phi) is 2.05. The Morgan fingerprint density at radius 1 is 1.31 bits per heavy atom. The lowest BCUT2D eigenvalue weighted by molar-refractivity contribution is 1.15. The molecule has 0 saturated heterocycles. The molecule has 0 aliphatic carbocycles. The minimum absolute atomic E-state index is 0.313. The molecule has 3 N–H and O–H groups in total. The summed E-state index contributed by atoms with van der Waals surface area (Å²) < 4.78 is 0.714. The summed E-state index contributed by atoms with van der Waals surface area (Å²) in [7, 11) is 0. The maximum absolute atomic E-state index is 5.90. The van der Waals surface area contributed by atoms with Gasteiger partial charge < -0.3 is 10.7 Å². The quantitative estimate of drug-likeness (QED) is 0.695. The maximum Gasteiger partial charge on any atom is 0.200 e. The molecule has 0 amide bonds. The van der Waals surface area contributed by atoms with Gasteiger partial charge in [-0.1, -0.05) is 11.6 Å². The molecule has 0 radical (unpaired) electrons. The molecular formula is C9H6ClN5S. The Morgan fingerprint density at radius 3 is 2.94 bits per heavy atom. The van der Waals surface area contributed by atoms with Gasteiger partial charge in [0.25, 0.3) is 0 Å². The van der Waals surface area contributed by atoms with Crippen LogP contribution in [0.3, 0.4) is 0 Å². The normalized spacial score (nSPS) is 11.1. The van der Waals surface area contributed by atoms with Gasteiger partial charge in [-0.15, -0.1) is 11.3 Å². The van der Waals surface area contributed by atoms with Gasteiger partial charge in [0, 0.05) is 0 Å². The average Bonchev–Trinajstić information content (AvgIpc) is 2.84. The number of hydrogen-bond acceptors (Lipinski definition) is 5. The first kappa shape index (κ1) is 9.56. The van der Waals surface area contributed by atoms with E-state index >= 15 is 0 Å². The molecule has 0 spiro atoms. The molecule has 7 heteroatoms. The summed E-state index contributed by atoms with van der Waals surface area (Å²) >= 11 is 7.35. The van der Waals surface area contributed by atoms with Crippen molar-refractivity contribution in [2.45, 2.75) is 0 Å². The van der Waals surface area contributed by atoms with Crippen molar-refractivity contribution in [3.63, 3.8) is 0 Å². The number of nitrogen functional groups attached to an aromatic ring is 1. The van der Waals surface area contributed by atoms with Gasteiger partial charge in [0.05, 0.1) is 14.9 Å². The van der Waals surface area contributed by atoms with Crippen molar-refractivity contribution in [2.75, 3.05) is 5.73 Å². The van der Waals surface area contributed by atoms with Gasteiger partial charge in [-0.05, 0) is 12.1 Å². The zero-order chi connectivity index (χ0) is 11.1. The fourth-order valence-electron chi connectivity index (χ4n) is 1.47. The van der Waals surface area contributed by atoms with E-state index in [1.807, 2.05) is 12.1 Å². The lowest BCUT2D eigenvalue weighted by atomic mass is 10.2. The molecule has 0 aromatic carbocycles. The molecule has 3 heterocycles. The molecule has 0 unspecified atom stereocenters. The number of nitrogens with two attached hydrogens (primary N) is 1. The van der Waals surface area contributed by atoms with Crippen molar-refractivity contribution in [1.82, 2.24) is 19.9 Å². The van der Waals surface area contributed by atoms with Crippen LogP contribution in [0.15, 0.2) is 18.5 Å². The average molecular weight is 252 g/mol. The fourth-order valence-corrected chi connectivity index (χ4v) is 2.52. The second-order valence-corrected chi connectivity index (χ2v) is 4.86. The van der Waals surface area contributed by atoms with Crippen molar-refractivity contribution in [1.29, 1.82) is 0 Å². The smallest absolute Gasteiger partial charge is 0.200 e. The van der Waals surface area contributed by atoms with Crippen LogP contribution in [-0.2, 0) is 0 Å². The van der Waals surface area contributed by atoms with Crippen LogP contribution in [0.1, 0.15) is 0 Å². The molecule has 0 atom stereocenters. The number of imidazole rings is 1. The highest BCUT2D eigenvalue weighted by molar-refractivity contribution is 7.19. The van der Waals surface area contributed by atoms with Crippen LogP contribution in [0.2, 0.25) is 4.34 Å². The standard InChI is InChI=1S/C9H6ClN5S/c10-5-2-1-4(16-5)6-7-8(13-3-12-7)15-9(11)14-6/h1-3H,(H3,11,12,13,14,15). The summed E-state index contributed by atoms with van der Waals surface area (Å²) in [6.45, 7) is 0. The molecule has 0 bridgehead atoms. The Bertz CT molecular complexity index is 616. The number of hydrogen-bond donors (Lipinski definition) is 2. The number of thiophene rings is 1. The number of aromatic amines is 1. The lowest BCUT2D eigenvalue weighted by Crippen LogP contribution is -2.00. The summed E-state index contributed by atoms with van der Waals surface area (Å²) in [5.74, 6) is 0.850. The Labute approximate surface area is 99.7 Å². The third kappa shape index (κ3) is 1.43. The number of H-pyrrole nitrogens is 1. The van der Waals surface area contributed by atoms with Crippen molar-refractivity contribution >= 4 is 28.9 Å². The summed E-state index contributed by atoms with van der Waals surface area (Å²) in [6.07, 6.45) is 1.46. The van der Waals surface area contributed by atoms with Gasteiger partial charge in [0.2, 0.25) is 0 Å². The molecule has 2 aliphatic rings. The van der Waals surface area contributed by atoms with Crippen LogP contribution >= 0.6 is 22.9 Å². The first-order chi connectivity index (χ1) is 7.74. The molecule has 0 fully saturated rings. The minimum atomic E-state index is 0.313. The van der Waals surface area contributed by atoms with Gasteiger partial charge in [-0.2, -0.15) is 4.98 Å². The summed E-state index contributed by atoms with van der Waals surface area (Å²) in [5, 5.41) is 0. The predicted molar refractivity (Wildman–Crippen MR) is 63.5 cm³/mol. The number of aromatic nitrogens is 4. The minimum Gasteiger partial charge on any atom is -0.369 e. The molecule has 1 aromatic heterocycles. The Balaban J connectivity index is 2.27. The second kappa shape index (κ2) is 3.43. The molecule has 16 heavy (non-hydrogen) atoms. The highest BCUT2D eigenvalue weighted by Crippen LogP contribution is 2.35. The molecule has 5 nitrogen and oxygen atoms in total. The van der Waals surface area contributed by atoms with Gasteiger partial charge in [0.1, 0.15) is 12.0 Å². The molecule has 3 rings (SSSR count). The number of fused-ring (bicyclic) bond motifs is 1. The van der Waals surface area contributed by atoms with E-state index in [1.165, 1.54) is 17.7 Å². The van der Waals surface area contributed by atoms with Crippen LogP contribution in [0.4, 0.5) is 5.95 Å². The third-order valence-electron chi connectivity index (χ3n) is 2.11. The number of rotatable bonds is 1. The van der Waals surface area contributed by atoms with E-state index in [0.29, 0.717) is 21.8 Å². The van der Waals surface area contributed by atoms with E-state index in [4.69, 9.17) is 17.3 Å². The van der Waals surface area contributed by atoms with Crippen LogP contribution in [0.25, 0.3) is 22.1 Å². The van der Waals surface area contributed by atoms with E-state index in [-0.39, 0.29) is 0 Å². The molecule has 1 aromatic rings. The van der Waals surface area contributed by atoms with E-state index in [0.717, 1.165) is 10.6 Å². The van der Waals surface area contributed by atoms with Gasteiger partial charge >= 0.3 is 0 Å². The van der Waals surface area contributed by atoms with Crippen molar-refractivity contribution < 1.29 is 0 Å². The van der Waals surface area contributed by atoms with Crippen LogP contribution < -0.4 is 5.73 Å².